The van der Waals surface area contributed by atoms with E-state index < -0.39 is 0 Å². The Bertz CT molecular complexity index is 352. The zero-order chi connectivity index (χ0) is 12.2. The smallest absolute Gasteiger partial charge is 0.221 e. The van der Waals surface area contributed by atoms with Crippen LogP contribution in [-0.4, -0.2) is 30.2 Å². The van der Waals surface area contributed by atoms with E-state index in [2.05, 4.69) is 29.1 Å². The number of rotatable bonds is 5. The molecular weight excluding hydrogens is 204 g/mol. The zero-order valence-corrected chi connectivity index (χ0v) is 10.4. The molecule has 1 rings (SSSR count). The molecule has 0 fully saturated rings. The number of anilines is 1. The lowest BCUT2D eigenvalue weighted by atomic mass is 9.94. The van der Waals surface area contributed by atoms with Crippen LogP contribution in [-0.2, 0) is 0 Å². The Hall–Kier alpha value is -1.36. The molecule has 0 aliphatic rings. The molecule has 0 aliphatic carbocycles. The summed E-state index contributed by atoms with van der Waals surface area (Å²) >= 11 is 0. The van der Waals surface area contributed by atoms with Gasteiger partial charge in [-0.2, -0.15) is 0 Å². The van der Waals surface area contributed by atoms with Crippen LogP contribution in [0.4, 0.5) is 5.82 Å². The molecule has 1 aromatic heterocycles. The molecule has 0 radical (unpaired) electrons. The van der Waals surface area contributed by atoms with E-state index in [1.165, 1.54) is 6.33 Å². The van der Waals surface area contributed by atoms with E-state index in [1.54, 1.807) is 7.11 Å². The third kappa shape index (κ3) is 3.06. The van der Waals surface area contributed by atoms with Crippen molar-refractivity contribution in [2.45, 2.75) is 20.8 Å². The van der Waals surface area contributed by atoms with Gasteiger partial charge in [-0.1, -0.05) is 13.8 Å². The van der Waals surface area contributed by atoms with Crippen LogP contribution in [0.15, 0.2) is 6.33 Å². The Morgan fingerprint density at radius 1 is 1.44 bits per heavy atom. The fourth-order valence-electron chi connectivity index (χ4n) is 1.21. The van der Waals surface area contributed by atoms with Gasteiger partial charge in [0.15, 0.2) is 0 Å². The molecule has 5 heteroatoms. The van der Waals surface area contributed by atoms with Crippen LogP contribution < -0.4 is 15.8 Å². The molecule has 0 aliphatic heterocycles. The number of hydrogen-bond acceptors (Lipinski definition) is 5. The third-order valence-corrected chi connectivity index (χ3v) is 2.52. The summed E-state index contributed by atoms with van der Waals surface area (Å²) in [6, 6.07) is 0. The second-order valence-electron chi connectivity index (χ2n) is 4.58. The molecule has 0 unspecified atom stereocenters. The second-order valence-corrected chi connectivity index (χ2v) is 4.58. The highest BCUT2D eigenvalue weighted by Gasteiger charge is 2.16. The fraction of sp³-hybridized carbons (Fsp3) is 0.636. The van der Waals surface area contributed by atoms with Gasteiger partial charge in [-0.05, 0) is 18.9 Å². The average molecular weight is 224 g/mol. The van der Waals surface area contributed by atoms with Crippen molar-refractivity contribution in [1.29, 1.82) is 0 Å². The lowest BCUT2D eigenvalue weighted by molar-refractivity contribution is 0.392. The molecule has 0 aromatic carbocycles. The Morgan fingerprint density at radius 2 is 2.12 bits per heavy atom. The molecule has 3 N–H and O–H groups in total. The van der Waals surface area contributed by atoms with Crippen LogP contribution in [0.5, 0.6) is 5.88 Å². The van der Waals surface area contributed by atoms with Gasteiger partial charge in [-0.3, -0.25) is 0 Å². The van der Waals surface area contributed by atoms with Gasteiger partial charge in [-0.15, -0.1) is 0 Å². The van der Waals surface area contributed by atoms with Crippen LogP contribution in [0.1, 0.15) is 19.4 Å². The summed E-state index contributed by atoms with van der Waals surface area (Å²) in [6.07, 6.45) is 1.49. The first-order valence-electron chi connectivity index (χ1n) is 5.29. The van der Waals surface area contributed by atoms with Crippen molar-refractivity contribution in [3.63, 3.8) is 0 Å². The van der Waals surface area contributed by atoms with Crippen LogP contribution in [0, 0.1) is 12.3 Å². The molecule has 1 heterocycles. The second kappa shape index (κ2) is 5.12. The van der Waals surface area contributed by atoms with E-state index >= 15 is 0 Å². The number of nitrogens with one attached hydrogen (secondary N) is 1. The van der Waals surface area contributed by atoms with E-state index in [0.29, 0.717) is 12.4 Å². The topological polar surface area (TPSA) is 73.1 Å². The van der Waals surface area contributed by atoms with Crippen molar-refractivity contribution >= 4 is 5.82 Å². The van der Waals surface area contributed by atoms with Crippen molar-refractivity contribution in [3.8, 4) is 5.88 Å². The molecular formula is C11H20N4O. The molecule has 0 atom stereocenters. The number of hydrogen-bond donors (Lipinski definition) is 2. The minimum atomic E-state index is 0.0463. The van der Waals surface area contributed by atoms with Crippen molar-refractivity contribution < 1.29 is 4.74 Å². The van der Waals surface area contributed by atoms with Gasteiger partial charge in [0.25, 0.3) is 0 Å². The Morgan fingerprint density at radius 3 is 2.69 bits per heavy atom. The summed E-state index contributed by atoms with van der Waals surface area (Å²) in [6.45, 7) is 7.53. The van der Waals surface area contributed by atoms with E-state index in [9.17, 15) is 0 Å². The summed E-state index contributed by atoms with van der Waals surface area (Å²) in [5.74, 6) is 1.40. The first kappa shape index (κ1) is 12.7. The van der Waals surface area contributed by atoms with Gasteiger partial charge in [0, 0.05) is 6.54 Å². The Labute approximate surface area is 96.4 Å². The van der Waals surface area contributed by atoms with E-state index in [0.717, 1.165) is 17.9 Å². The zero-order valence-electron chi connectivity index (χ0n) is 10.4. The quantitative estimate of drug-likeness (QED) is 0.786. The molecule has 90 valence electrons. The molecule has 5 nitrogen and oxygen atoms in total. The third-order valence-electron chi connectivity index (χ3n) is 2.52. The normalized spacial score (nSPS) is 11.3. The maximum atomic E-state index is 5.67. The summed E-state index contributed by atoms with van der Waals surface area (Å²) in [5.41, 5.74) is 6.63. The minimum Gasteiger partial charge on any atom is -0.481 e. The highest BCUT2D eigenvalue weighted by atomic mass is 16.5. The standard InChI is InChI=1S/C11H20N4O/c1-8-9(13-6-11(2,3)5-12)14-7-15-10(8)16-4/h7H,5-6,12H2,1-4H3,(H,13,14,15). The molecule has 0 amide bonds. The molecule has 0 saturated heterocycles. The Balaban J connectivity index is 2.75. The van der Waals surface area contributed by atoms with Crippen molar-refractivity contribution in [3.05, 3.63) is 11.9 Å². The maximum Gasteiger partial charge on any atom is 0.221 e. The van der Waals surface area contributed by atoms with Crippen LogP contribution in [0.25, 0.3) is 0 Å². The average Bonchev–Trinajstić information content (AvgIpc) is 2.28. The molecule has 0 saturated carbocycles. The van der Waals surface area contributed by atoms with Crippen molar-refractivity contribution in [1.82, 2.24) is 9.97 Å². The molecule has 0 bridgehead atoms. The van der Waals surface area contributed by atoms with Gasteiger partial charge in [0.05, 0.1) is 12.7 Å². The van der Waals surface area contributed by atoms with E-state index in [1.807, 2.05) is 6.92 Å². The van der Waals surface area contributed by atoms with Crippen LogP contribution in [0.2, 0.25) is 0 Å². The predicted octanol–water partition coefficient (Wildman–Crippen LogP) is 1.19. The minimum absolute atomic E-state index is 0.0463. The first-order chi connectivity index (χ1) is 7.50. The lowest BCUT2D eigenvalue weighted by Crippen LogP contribution is -2.31. The van der Waals surface area contributed by atoms with E-state index in [-0.39, 0.29) is 5.41 Å². The van der Waals surface area contributed by atoms with Gasteiger partial charge in [-0.25, -0.2) is 9.97 Å². The van der Waals surface area contributed by atoms with E-state index in [4.69, 9.17) is 10.5 Å². The molecule has 1 aromatic rings. The number of nitrogens with zero attached hydrogens (tertiary/aromatic N) is 2. The maximum absolute atomic E-state index is 5.67. The number of ether oxygens (including phenoxy) is 1. The fourth-order valence-corrected chi connectivity index (χ4v) is 1.21. The highest BCUT2D eigenvalue weighted by Crippen LogP contribution is 2.21. The number of nitrogens with two attached hydrogens (primary N) is 1. The molecule has 16 heavy (non-hydrogen) atoms. The van der Waals surface area contributed by atoms with Gasteiger partial charge < -0.3 is 15.8 Å². The van der Waals surface area contributed by atoms with Crippen LogP contribution >= 0.6 is 0 Å². The molecule has 0 spiro atoms. The van der Waals surface area contributed by atoms with Crippen molar-refractivity contribution in [2.24, 2.45) is 11.1 Å². The number of aromatic nitrogens is 2. The Kier molecular flexibility index (Phi) is 4.06. The summed E-state index contributed by atoms with van der Waals surface area (Å²) in [5, 5.41) is 3.27. The van der Waals surface area contributed by atoms with Gasteiger partial charge in [0.2, 0.25) is 5.88 Å². The van der Waals surface area contributed by atoms with Gasteiger partial charge >= 0.3 is 0 Å². The SMILES string of the molecule is COc1ncnc(NCC(C)(C)CN)c1C. The predicted molar refractivity (Wildman–Crippen MR) is 64.6 cm³/mol. The lowest BCUT2D eigenvalue weighted by Gasteiger charge is -2.23. The first-order valence-corrected chi connectivity index (χ1v) is 5.29. The largest absolute Gasteiger partial charge is 0.481 e. The summed E-state index contributed by atoms with van der Waals surface area (Å²) < 4.78 is 5.13. The summed E-state index contributed by atoms with van der Waals surface area (Å²) in [7, 11) is 1.60. The van der Waals surface area contributed by atoms with Gasteiger partial charge in [0.1, 0.15) is 12.1 Å². The highest BCUT2D eigenvalue weighted by molar-refractivity contribution is 5.47. The van der Waals surface area contributed by atoms with Crippen LogP contribution in [0.3, 0.4) is 0 Å². The van der Waals surface area contributed by atoms with Crippen molar-refractivity contribution in [2.75, 3.05) is 25.5 Å². The number of methoxy groups -OCH3 is 1. The monoisotopic (exact) mass is 224 g/mol. The summed E-state index contributed by atoms with van der Waals surface area (Å²) in [4.78, 5) is 8.21.